The maximum absolute atomic E-state index is 13.2. The summed E-state index contributed by atoms with van der Waals surface area (Å²) in [7, 11) is 8.70. The maximum atomic E-state index is 13.2. The molecule has 0 aliphatic heterocycles. The van der Waals surface area contributed by atoms with Crippen LogP contribution in [0.4, 0.5) is 0 Å². The number of nitrogens with zero attached hydrogens (tertiary/aromatic N) is 1. The van der Waals surface area contributed by atoms with Crippen LogP contribution in [0.2, 0.25) is 10.0 Å². The van der Waals surface area contributed by atoms with Gasteiger partial charge in [-0.2, -0.15) is 0 Å². The monoisotopic (exact) mass is 499 g/mol. The molecule has 0 atom stereocenters. The standard InChI is InChI=1S/C27H27Cl2NO4/c1-30(2)16-19-10-17(7-9-25(19)32-3)6-8-24(31)23-14-22(26(33-4)15-27(23)34-5)18-11-20(28)13-21(29)12-18/h6-15H,16H2,1-5H3/b8-6+. The largest absolute Gasteiger partial charge is 0.496 e. The Balaban J connectivity index is 2.00. The van der Waals surface area contributed by atoms with E-state index in [-0.39, 0.29) is 5.78 Å². The first-order chi connectivity index (χ1) is 16.2. The third kappa shape index (κ3) is 6.11. The molecule has 3 rings (SSSR count). The molecule has 0 saturated carbocycles. The summed E-state index contributed by atoms with van der Waals surface area (Å²) in [6.07, 6.45) is 3.31. The second-order valence-electron chi connectivity index (χ2n) is 7.92. The fourth-order valence-electron chi connectivity index (χ4n) is 3.65. The highest BCUT2D eigenvalue weighted by Gasteiger charge is 2.17. The summed E-state index contributed by atoms with van der Waals surface area (Å²) in [6.45, 7) is 0.719. The molecule has 0 aliphatic carbocycles. The van der Waals surface area contributed by atoms with Gasteiger partial charge in [-0.15, -0.1) is 0 Å². The van der Waals surface area contributed by atoms with Crippen molar-refractivity contribution in [1.29, 1.82) is 0 Å². The van der Waals surface area contributed by atoms with E-state index in [4.69, 9.17) is 37.4 Å². The number of carbonyl (C=O) groups excluding carboxylic acids is 1. The van der Waals surface area contributed by atoms with E-state index in [1.54, 1.807) is 50.6 Å². The van der Waals surface area contributed by atoms with Crippen LogP contribution in [0.15, 0.2) is 54.6 Å². The Labute approximate surface area is 210 Å². The molecule has 0 heterocycles. The Morgan fingerprint density at radius 1 is 0.853 bits per heavy atom. The molecule has 7 heteroatoms. The van der Waals surface area contributed by atoms with Crippen LogP contribution in [0, 0.1) is 0 Å². The number of hydrogen-bond donors (Lipinski definition) is 0. The van der Waals surface area contributed by atoms with Crippen molar-refractivity contribution in [3.05, 3.63) is 81.3 Å². The molecule has 3 aromatic carbocycles. The van der Waals surface area contributed by atoms with Gasteiger partial charge in [0.25, 0.3) is 0 Å². The molecule has 0 fully saturated rings. The van der Waals surface area contributed by atoms with Crippen LogP contribution < -0.4 is 14.2 Å². The lowest BCUT2D eigenvalue weighted by molar-refractivity contribution is 0.104. The van der Waals surface area contributed by atoms with Crippen LogP contribution in [-0.2, 0) is 6.54 Å². The molecule has 0 spiro atoms. The lowest BCUT2D eigenvalue weighted by Crippen LogP contribution is -2.11. The van der Waals surface area contributed by atoms with E-state index in [0.717, 1.165) is 29.0 Å². The van der Waals surface area contributed by atoms with Crippen molar-refractivity contribution in [2.75, 3.05) is 35.4 Å². The lowest BCUT2D eigenvalue weighted by atomic mass is 9.98. The molecule has 0 amide bonds. The highest BCUT2D eigenvalue weighted by Crippen LogP contribution is 2.38. The molecule has 0 bridgehead atoms. The molecule has 178 valence electrons. The van der Waals surface area contributed by atoms with Gasteiger partial charge in [0.15, 0.2) is 5.78 Å². The Morgan fingerprint density at radius 3 is 2.09 bits per heavy atom. The molecule has 0 aromatic heterocycles. The minimum Gasteiger partial charge on any atom is -0.496 e. The highest BCUT2D eigenvalue weighted by atomic mass is 35.5. The molecule has 3 aromatic rings. The van der Waals surface area contributed by atoms with Gasteiger partial charge >= 0.3 is 0 Å². The summed E-state index contributed by atoms with van der Waals surface area (Å²) in [6, 6.07) is 14.4. The van der Waals surface area contributed by atoms with Crippen molar-refractivity contribution in [2.24, 2.45) is 0 Å². The zero-order valence-electron chi connectivity index (χ0n) is 19.8. The number of benzene rings is 3. The first kappa shape index (κ1) is 25.6. The number of rotatable bonds is 9. The minimum atomic E-state index is -0.209. The number of hydrogen-bond acceptors (Lipinski definition) is 5. The average molecular weight is 500 g/mol. The van der Waals surface area contributed by atoms with Crippen molar-refractivity contribution in [3.63, 3.8) is 0 Å². The van der Waals surface area contributed by atoms with Crippen LogP contribution in [-0.4, -0.2) is 46.1 Å². The first-order valence-corrected chi connectivity index (χ1v) is 11.3. The van der Waals surface area contributed by atoms with Crippen LogP contribution >= 0.6 is 23.2 Å². The molecule has 0 aliphatic rings. The summed E-state index contributed by atoms with van der Waals surface area (Å²) in [5.41, 5.74) is 3.73. The highest BCUT2D eigenvalue weighted by molar-refractivity contribution is 6.35. The Bertz CT molecular complexity index is 1200. The van der Waals surface area contributed by atoms with Crippen molar-refractivity contribution >= 4 is 35.1 Å². The normalized spacial score (nSPS) is 11.2. The van der Waals surface area contributed by atoms with Crippen LogP contribution in [0.5, 0.6) is 17.2 Å². The molecule has 34 heavy (non-hydrogen) atoms. The summed E-state index contributed by atoms with van der Waals surface area (Å²) in [4.78, 5) is 15.3. The van der Waals surface area contributed by atoms with E-state index < -0.39 is 0 Å². The van der Waals surface area contributed by atoms with E-state index in [1.807, 2.05) is 32.3 Å². The van der Waals surface area contributed by atoms with Crippen LogP contribution in [0.25, 0.3) is 17.2 Å². The van der Waals surface area contributed by atoms with Gasteiger partial charge in [-0.1, -0.05) is 35.3 Å². The SMILES string of the molecule is COc1ccc(/C=C/C(=O)c2cc(-c3cc(Cl)cc(Cl)c3)c(OC)cc2OC)cc1CN(C)C. The van der Waals surface area contributed by atoms with E-state index in [9.17, 15) is 4.79 Å². The van der Waals surface area contributed by atoms with Gasteiger partial charge < -0.3 is 19.1 Å². The predicted molar refractivity (Wildman–Crippen MR) is 139 cm³/mol. The lowest BCUT2D eigenvalue weighted by Gasteiger charge is -2.15. The second-order valence-corrected chi connectivity index (χ2v) is 8.79. The van der Waals surface area contributed by atoms with E-state index in [0.29, 0.717) is 32.7 Å². The number of methoxy groups -OCH3 is 3. The Kier molecular flexibility index (Phi) is 8.61. The first-order valence-electron chi connectivity index (χ1n) is 10.5. The van der Waals surface area contributed by atoms with E-state index in [2.05, 4.69) is 4.90 Å². The summed E-state index contributed by atoms with van der Waals surface area (Å²) < 4.78 is 16.5. The fourth-order valence-corrected chi connectivity index (χ4v) is 4.18. The van der Waals surface area contributed by atoms with Crippen LogP contribution in [0.1, 0.15) is 21.5 Å². The summed E-state index contributed by atoms with van der Waals surface area (Å²) >= 11 is 12.4. The third-order valence-electron chi connectivity index (χ3n) is 5.18. The zero-order chi connectivity index (χ0) is 24.8. The molecular weight excluding hydrogens is 473 g/mol. The van der Waals surface area contributed by atoms with Gasteiger partial charge in [0, 0.05) is 33.8 Å². The molecule has 0 unspecified atom stereocenters. The number of carbonyl (C=O) groups is 1. The fraction of sp³-hybridized carbons (Fsp3) is 0.222. The van der Waals surface area contributed by atoms with Crippen molar-refractivity contribution in [2.45, 2.75) is 6.54 Å². The number of halogens is 2. The van der Waals surface area contributed by atoms with Gasteiger partial charge in [-0.05, 0) is 67.7 Å². The second kappa shape index (κ2) is 11.4. The van der Waals surface area contributed by atoms with Crippen molar-refractivity contribution in [1.82, 2.24) is 4.90 Å². The Morgan fingerprint density at radius 2 is 1.50 bits per heavy atom. The Hall–Kier alpha value is -2.99. The summed E-state index contributed by atoms with van der Waals surface area (Å²) in [5, 5.41) is 0.974. The third-order valence-corrected chi connectivity index (χ3v) is 5.62. The maximum Gasteiger partial charge on any atom is 0.189 e. The predicted octanol–water partition coefficient (Wildman–Crippen LogP) is 6.64. The minimum absolute atomic E-state index is 0.209. The quantitative estimate of drug-likeness (QED) is 0.243. The molecule has 0 saturated heterocycles. The molecule has 0 N–H and O–H groups in total. The number of ether oxygens (including phenoxy) is 3. The molecule has 0 radical (unpaired) electrons. The molecular formula is C27H27Cl2NO4. The van der Waals surface area contributed by atoms with Gasteiger partial charge in [0.1, 0.15) is 17.2 Å². The zero-order valence-corrected chi connectivity index (χ0v) is 21.3. The topological polar surface area (TPSA) is 48.0 Å². The summed E-state index contributed by atoms with van der Waals surface area (Å²) in [5.74, 6) is 1.54. The van der Waals surface area contributed by atoms with E-state index >= 15 is 0 Å². The number of allylic oxidation sites excluding steroid dienone is 1. The van der Waals surface area contributed by atoms with Crippen LogP contribution in [0.3, 0.4) is 0 Å². The number of ketones is 1. The van der Waals surface area contributed by atoms with Gasteiger partial charge in [0.2, 0.25) is 0 Å². The van der Waals surface area contributed by atoms with E-state index in [1.165, 1.54) is 13.2 Å². The van der Waals surface area contributed by atoms with Gasteiger partial charge in [-0.25, -0.2) is 0 Å². The van der Waals surface area contributed by atoms with Crippen molar-refractivity contribution < 1.29 is 19.0 Å². The van der Waals surface area contributed by atoms with Gasteiger partial charge in [-0.3, -0.25) is 4.79 Å². The smallest absolute Gasteiger partial charge is 0.189 e. The van der Waals surface area contributed by atoms with Crippen molar-refractivity contribution in [3.8, 4) is 28.4 Å². The molecule has 5 nitrogen and oxygen atoms in total. The average Bonchev–Trinajstić information content (AvgIpc) is 2.80. The van der Waals surface area contributed by atoms with Gasteiger partial charge in [0.05, 0.1) is 26.9 Å².